The minimum Gasteiger partial charge on any atom is -0.395 e. The maximum Gasteiger partial charge on any atom is 0.161 e. The van der Waals surface area contributed by atoms with E-state index in [0.717, 1.165) is 6.07 Å². The summed E-state index contributed by atoms with van der Waals surface area (Å²) in [6.07, 6.45) is 0. The van der Waals surface area contributed by atoms with Crippen molar-refractivity contribution in [3.63, 3.8) is 0 Å². The average Bonchev–Trinajstić information content (AvgIpc) is 2.26. The first kappa shape index (κ1) is 13.0. The van der Waals surface area contributed by atoms with Crippen molar-refractivity contribution in [3.8, 4) is 0 Å². The highest BCUT2D eigenvalue weighted by Gasteiger charge is 2.17. The molecular weight excluding hydrogens is 221 g/mol. The molecule has 0 bridgehead atoms. The number of hydrogen-bond donors (Lipinski definition) is 3. The van der Waals surface area contributed by atoms with Crippen LogP contribution in [0.15, 0.2) is 12.1 Å². The number of benzene rings is 1. The molecule has 6 heteroatoms. The quantitative estimate of drug-likeness (QED) is 0.657. The highest BCUT2D eigenvalue weighted by atomic mass is 19.2. The maximum absolute atomic E-state index is 13.3. The summed E-state index contributed by atoms with van der Waals surface area (Å²) in [5.41, 5.74) is 5.33. The van der Waals surface area contributed by atoms with E-state index in [1.165, 1.54) is 0 Å². The van der Waals surface area contributed by atoms with E-state index in [2.05, 4.69) is 5.32 Å². The van der Waals surface area contributed by atoms with E-state index in [-0.39, 0.29) is 25.3 Å². The first-order chi connectivity index (χ1) is 7.60. The van der Waals surface area contributed by atoms with Gasteiger partial charge in [-0.2, -0.15) is 0 Å². The summed E-state index contributed by atoms with van der Waals surface area (Å²) in [6.45, 7) is 0.0596. The molecule has 0 amide bonds. The Morgan fingerprint density at radius 1 is 1.19 bits per heavy atom. The molecule has 0 saturated carbocycles. The molecule has 1 rings (SSSR count). The highest BCUT2D eigenvalue weighted by Crippen LogP contribution is 2.19. The maximum atomic E-state index is 13.3. The first-order valence-corrected chi connectivity index (χ1v) is 4.79. The van der Waals surface area contributed by atoms with E-state index in [1.54, 1.807) is 0 Å². The molecule has 0 heterocycles. The Labute approximate surface area is 91.1 Å². The largest absolute Gasteiger partial charge is 0.395 e. The second kappa shape index (κ2) is 5.83. The molecule has 0 aliphatic rings. The predicted octanol–water partition coefficient (Wildman–Crippen LogP) is 0.686. The van der Waals surface area contributed by atoms with E-state index in [0.29, 0.717) is 6.07 Å². The molecule has 0 aliphatic carbocycles. The van der Waals surface area contributed by atoms with Gasteiger partial charge in [0.15, 0.2) is 11.6 Å². The lowest BCUT2D eigenvalue weighted by Gasteiger charge is -2.17. The zero-order valence-corrected chi connectivity index (χ0v) is 8.51. The number of halogens is 3. The molecule has 1 aromatic carbocycles. The Bertz CT molecular complexity index is 360. The average molecular weight is 234 g/mol. The van der Waals surface area contributed by atoms with Crippen LogP contribution in [0.2, 0.25) is 0 Å². The van der Waals surface area contributed by atoms with Gasteiger partial charge in [-0.15, -0.1) is 0 Å². The Morgan fingerprint density at radius 3 is 2.38 bits per heavy atom. The Balaban J connectivity index is 2.95. The van der Waals surface area contributed by atoms with Crippen LogP contribution in [0.25, 0.3) is 0 Å². The van der Waals surface area contributed by atoms with E-state index < -0.39 is 23.5 Å². The smallest absolute Gasteiger partial charge is 0.161 e. The normalized spacial score (nSPS) is 12.8. The monoisotopic (exact) mass is 234 g/mol. The van der Waals surface area contributed by atoms with Gasteiger partial charge in [-0.05, 0) is 6.07 Å². The van der Waals surface area contributed by atoms with Gasteiger partial charge in [0.25, 0.3) is 0 Å². The lowest BCUT2D eigenvalue weighted by molar-refractivity contribution is 0.284. The Morgan fingerprint density at radius 2 is 1.81 bits per heavy atom. The zero-order chi connectivity index (χ0) is 12.1. The van der Waals surface area contributed by atoms with Crippen LogP contribution in [0.5, 0.6) is 0 Å². The van der Waals surface area contributed by atoms with E-state index in [9.17, 15) is 13.2 Å². The topological polar surface area (TPSA) is 58.3 Å². The summed E-state index contributed by atoms with van der Waals surface area (Å²) in [5.74, 6) is -3.22. The van der Waals surface area contributed by atoms with E-state index in [1.807, 2.05) is 0 Å². The molecule has 90 valence electrons. The standard InChI is InChI=1S/C10H13F3N2O/c11-7-4-9(13)8(12)3-6(7)10(5-14)15-1-2-16/h3-4,10,15-16H,1-2,5,14H2. The third kappa shape index (κ3) is 2.94. The van der Waals surface area contributed by atoms with Gasteiger partial charge in [0.1, 0.15) is 5.82 Å². The summed E-state index contributed by atoms with van der Waals surface area (Å²) in [5, 5.41) is 11.3. The molecule has 1 unspecified atom stereocenters. The van der Waals surface area contributed by atoms with Gasteiger partial charge in [-0.1, -0.05) is 0 Å². The molecule has 1 aromatic rings. The lowest BCUT2D eigenvalue weighted by Crippen LogP contribution is -2.31. The van der Waals surface area contributed by atoms with Crippen molar-refractivity contribution < 1.29 is 18.3 Å². The minimum absolute atomic E-state index is 0.0159. The fourth-order valence-electron chi connectivity index (χ4n) is 1.36. The molecule has 1 atom stereocenters. The second-order valence-corrected chi connectivity index (χ2v) is 3.25. The summed E-state index contributed by atoms with van der Waals surface area (Å²) >= 11 is 0. The molecule has 0 aliphatic heterocycles. The fraction of sp³-hybridized carbons (Fsp3) is 0.400. The molecule has 0 fully saturated rings. The summed E-state index contributed by atoms with van der Waals surface area (Å²) in [6, 6.07) is 0.600. The van der Waals surface area contributed by atoms with Crippen molar-refractivity contribution in [1.82, 2.24) is 5.32 Å². The number of hydrogen-bond acceptors (Lipinski definition) is 3. The number of aliphatic hydroxyl groups is 1. The van der Waals surface area contributed by atoms with Gasteiger partial charge in [0.2, 0.25) is 0 Å². The van der Waals surface area contributed by atoms with E-state index in [4.69, 9.17) is 10.8 Å². The number of nitrogens with two attached hydrogens (primary N) is 1. The zero-order valence-electron chi connectivity index (χ0n) is 8.51. The van der Waals surface area contributed by atoms with Crippen LogP contribution < -0.4 is 11.1 Å². The molecule has 3 nitrogen and oxygen atoms in total. The lowest BCUT2D eigenvalue weighted by atomic mass is 10.1. The SMILES string of the molecule is NCC(NCCO)c1cc(F)c(F)cc1F. The molecule has 0 spiro atoms. The molecule has 0 saturated heterocycles. The van der Waals surface area contributed by atoms with Crippen LogP contribution >= 0.6 is 0 Å². The van der Waals surface area contributed by atoms with Crippen LogP contribution in [0.3, 0.4) is 0 Å². The number of rotatable bonds is 5. The van der Waals surface area contributed by atoms with Crippen LogP contribution in [0, 0.1) is 17.5 Å². The second-order valence-electron chi connectivity index (χ2n) is 3.25. The molecule has 0 aromatic heterocycles. The Kier molecular flexibility index (Phi) is 4.72. The number of aliphatic hydroxyl groups excluding tert-OH is 1. The third-order valence-corrected chi connectivity index (χ3v) is 2.15. The van der Waals surface area contributed by atoms with Crippen molar-refractivity contribution in [3.05, 3.63) is 35.1 Å². The molecule has 4 N–H and O–H groups in total. The molecular formula is C10H13F3N2O. The van der Waals surface area contributed by atoms with Gasteiger partial charge >= 0.3 is 0 Å². The van der Waals surface area contributed by atoms with Crippen molar-refractivity contribution in [2.24, 2.45) is 5.73 Å². The van der Waals surface area contributed by atoms with Crippen LogP contribution in [0.4, 0.5) is 13.2 Å². The van der Waals surface area contributed by atoms with Gasteiger partial charge in [0.05, 0.1) is 6.61 Å². The van der Waals surface area contributed by atoms with E-state index >= 15 is 0 Å². The van der Waals surface area contributed by atoms with Gasteiger partial charge in [0, 0.05) is 30.8 Å². The Hall–Kier alpha value is -1.11. The van der Waals surface area contributed by atoms with Crippen molar-refractivity contribution in [2.75, 3.05) is 19.7 Å². The number of nitrogens with one attached hydrogen (secondary N) is 1. The van der Waals surface area contributed by atoms with Crippen molar-refractivity contribution >= 4 is 0 Å². The molecule has 0 radical (unpaired) electrons. The predicted molar refractivity (Wildman–Crippen MR) is 53.2 cm³/mol. The van der Waals surface area contributed by atoms with Crippen LogP contribution in [0.1, 0.15) is 11.6 Å². The summed E-state index contributed by atoms with van der Waals surface area (Å²) < 4.78 is 38.9. The van der Waals surface area contributed by atoms with Crippen LogP contribution in [-0.2, 0) is 0 Å². The van der Waals surface area contributed by atoms with Crippen molar-refractivity contribution in [1.29, 1.82) is 0 Å². The van der Waals surface area contributed by atoms with Crippen LogP contribution in [-0.4, -0.2) is 24.8 Å². The fourth-order valence-corrected chi connectivity index (χ4v) is 1.36. The summed E-state index contributed by atoms with van der Waals surface area (Å²) in [4.78, 5) is 0. The molecule has 16 heavy (non-hydrogen) atoms. The highest BCUT2D eigenvalue weighted by molar-refractivity contribution is 5.23. The minimum atomic E-state index is -1.24. The third-order valence-electron chi connectivity index (χ3n) is 2.15. The summed E-state index contributed by atoms with van der Waals surface area (Å²) in [7, 11) is 0. The van der Waals surface area contributed by atoms with Gasteiger partial charge in [-0.25, -0.2) is 13.2 Å². The van der Waals surface area contributed by atoms with Crippen molar-refractivity contribution in [2.45, 2.75) is 6.04 Å². The first-order valence-electron chi connectivity index (χ1n) is 4.79. The van der Waals surface area contributed by atoms with Gasteiger partial charge in [-0.3, -0.25) is 0 Å². The van der Waals surface area contributed by atoms with Gasteiger partial charge < -0.3 is 16.2 Å².